The molecule has 0 heterocycles. The van der Waals surface area contributed by atoms with Crippen LogP contribution in [-0.4, -0.2) is 76.6 Å². The molecule has 0 bridgehead atoms. The Balaban J connectivity index is 2.57. The monoisotopic (exact) mass is 408 g/mol. The van der Waals surface area contributed by atoms with Gasteiger partial charge in [-0.3, -0.25) is 4.99 Å². The second-order valence-corrected chi connectivity index (χ2v) is 7.51. The summed E-state index contributed by atoms with van der Waals surface area (Å²) in [6.07, 6.45) is 1.03. The fourth-order valence-corrected chi connectivity index (χ4v) is 2.38. The summed E-state index contributed by atoms with van der Waals surface area (Å²) in [5.74, 6) is 1.64. The van der Waals surface area contributed by atoms with Crippen molar-refractivity contribution in [1.29, 1.82) is 0 Å². The summed E-state index contributed by atoms with van der Waals surface area (Å²) in [7, 11) is 3.80. The first-order chi connectivity index (χ1) is 13.9. The Kier molecular flexibility index (Phi) is 13.1. The summed E-state index contributed by atoms with van der Waals surface area (Å²) in [6, 6.07) is 8.46. The topological polar surface area (TPSA) is 67.4 Å². The minimum Gasteiger partial charge on any atom is -0.491 e. The first kappa shape index (κ1) is 25.2. The molecule has 0 aromatic heterocycles. The van der Waals surface area contributed by atoms with Crippen molar-refractivity contribution >= 4 is 11.6 Å². The Hall–Kier alpha value is -1.83. The molecule has 7 nitrogen and oxygen atoms in total. The lowest BCUT2D eigenvalue weighted by molar-refractivity contribution is 0.0702. The Labute approximate surface area is 176 Å². The third-order valence-electron chi connectivity index (χ3n) is 4.28. The van der Waals surface area contributed by atoms with Crippen LogP contribution in [0.1, 0.15) is 34.1 Å². The maximum absolute atomic E-state index is 5.71. The molecule has 0 radical (unpaired) electrons. The van der Waals surface area contributed by atoms with Gasteiger partial charge in [0, 0.05) is 45.1 Å². The fourth-order valence-electron chi connectivity index (χ4n) is 2.38. The van der Waals surface area contributed by atoms with Crippen LogP contribution in [0.25, 0.3) is 0 Å². The minimum absolute atomic E-state index is 0.164. The summed E-state index contributed by atoms with van der Waals surface area (Å²) in [5, 5.41) is 6.79. The van der Waals surface area contributed by atoms with Gasteiger partial charge in [-0.05, 0) is 65.4 Å². The van der Waals surface area contributed by atoms with Gasteiger partial charge in [0.15, 0.2) is 5.96 Å². The molecule has 0 unspecified atom stereocenters. The molecule has 0 spiro atoms. The second kappa shape index (κ2) is 15.1. The van der Waals surface area contributed by atoms with Crippen LogP contribution >= 0.6 is 0 Å². The number of methoxy groups -OCH3 is 1. The number of anilines is 1. The Bertz CT molecular complexity index is 562. The van der Waals surface area contributed by atoms with Crippen LogP contribution < -0.4 is 15.4 Å². The number of benzene rings is 1. The molecular weight excluding hydrogens is 368 g/mol. The van der Waals surface area contributed by atoms with E-state index in [1.807, 2.05) is 38.1 Å². The standard InChI is InChI=1S/C22H40N4O3/c1-18(2)26(5)14-13-24-22(23-12-7-15-28-17-16-27-6)25-20-8-10-21(11-9-20)29-19(3)4/h8-11,18-19H,7,12-17H2,1-6H3,(H2,23,24,25). The van der Waals surface area contributed by atoms with Gasteiger partial charge in [0.2, 0.25) is 0 Å². The highest BCUT2D eigenvalue weighted by atomic mass is 16.5. The lowest BCUT2D eigenvalue weighted by Crippen LogP contribution is -2.39. The van der Waals surface area contributed by atoms with Crippen LogP contribution in [0.2, 0.25) is 0 Å². The lowest BCUT2D eigenvalue weighted by atomic mass is 10.3. The number of likely N-dealkylation sites (N-methyl/N-ethyl adjacent to an activating group) is 1. The van der Waals surface area contributed by atoms with Crippen molar-refractivity contribution in [3.8, 4) is 5.75 Å². The van der Waals surface area contributed by atoms with Gasteiger partial charge in [-0.25, -0.2) is 0 Å². The van der Waals surface area contributed by atoms with Crippen molar-refractivity contribution in [3.05, 3.63) is 24.3 Å². The van der Waals surface area contributed by atoms with Crippen LogP contribution in [0.5, 0.6) is 5.75 Å². The van der Waals surface area contributed by atoms with E-state index in [4.69, 9.17) is 14.2 Å². The predicted molar refractivity (Wildman–Crippen MR) is 121 cm³/mol. The molecule has 1 aromatic rings. The van der Waals surface area contributed by atoms with Crippen LogP contribution in [0.3, 0.4) is 0 Å². The van der Waals surface area contributed by atoms with Crippen LogP contribution in [0.15, 0.2) is 29.3 Å². The van der Waals surface area contributed by atoms with Crippen molar-refractivity contribution < 1.29 is 14.2 Å². The minimum atomic E-state index is 0.164. The van der Waals surface area contributed by atoms with Crippen molar-refractivity contribution in [1.82, 2.24) is 10.2 Å². The lowest BCUT2D eigenvalue weighted by Gasteiger charge is -2.22. The van der Waals surface area contributed by atoms with Crippen LogP contribution in [0.4, 0.5) is 5.69 Å². The molecular formula is C22H40N4O3. The predicted octanol–water partition coefficient (Wildman–Crippen LogP) is 3.22. The molecule has 0 saturated heterocycles. The van der Waals surface area contributed by atoms with Crippen molar-refractivity contribution in [3.63, 3.8) is 0 Å². The Morgan fingerprint density at radius 2 is 1.79 bits per heavy atom. The summed E-state index contributed by atoms with van der Waals surface area (Å²) < 4.78 is 16.2. The third-order valence-corrected chi connectivity index (χ3v) is 4.28. The van der Waals surface area contributed by atoms with E-state index >= 15 is 0 Å². The molecule has 29 heavy (non-hydrogen) atoms. The fraction of sp³-hybridized carbons (Fsp3) is 0.682. The van der Waals surface area contributed by atoms with Gasteiger partial charge in [-0.15, -0.1) is 0 Å². The molecule has 7 heteroatoms. The number of nitrogens with zero attached hydrogens (tertiary/aromatic N) is 2. The highest BCUT2D eigenvalue weighted by Crippen LogP contribution is 2.16. The van der Waals surface area contributed by atoms with Crippen molar-refractivity contribution in [2.24, 2.45) is 4.99 Å². The van der Waals surface area contributed by atoms with Gasteiger partial charge in [-0.2, -0.15) is 0 Å². The second-order valence-electron chi connectivity index (χ2n) is 7.51. The molecule has 0 aliphatic rings. The average molecular weight is 409 g/mol. The van der Waals surface area contributed by atoms with Gasteiger partial charge < -0.3 is 29.7 Å². The van der Waals surface area contributed by atoms with Gasteiger partial charge in [0.1, 0.15) is 5.75 Å². The number of guanidine groups is 1. The molecule has 1 aromatic carbocycles. The largest absolute Gasteiger partial charge is 0.491 e. The Morgan fingerprint density at radius 3 is 2.41 bits per heavy atom. The summed E-state index contributed by atoms with van der Waals surface area (Å²) in [5.41, 5.74) is 0.973. The number of hydrogen-bond acceptors (Lipinski definition) is 5. The summed E-state index contributed by atoms with van der Waals surface area (Å²) >= 11 is 0. The van der Waals surface area contributed by atoms with Gasteiger partial charge in [-0.1, -0.05) is 0 Å². The van der Waals surface area contributed by atoms with Crippen molar-refractivity contribution in [2.75, 3.05) is 58.9 Å². The van der Waals surface area contributed by atoms with E-state index in [9.17, 15) is 0 Å². The first-order valence-corrected chi connectivity index (χ1v) is 10.5. The van der Waals surface area contributed by atoms with Crippen LogP contribution in [0, 0.1) is 0 Å². The maximum Gasteiger partial charge on any atom is 0.195 e. The normalized spacial score (nSPS) is 12.1. The van der Waals surface area contributed by atoms with E-state index in [1.54, 1.807) is 7.11 Å². The van der Waals surface area contributed by atoms with E-state index in [1.165, 1.54) is 0 Å². The number of nitrogens with one attached hydrogen (secondary N) is 2. The smallest absolute Gasteiger partial charge is 0.195 e. The van der Waals surface area contributed by atoms with E-state index in [-0.39, 0.29) is 6.10 Å². The molecule has 0 saturated carbocycles. The molecule has 2 N–H and O–H groups in total. The highest BCUT2D eigenvalue weighted by molar-refractivity contribution is 5.93. The molecule has 0 aliphatic carbocycles. The number of hydrogen-bond donors (Lipinski definition) is 2. The molecule has 1 rings (SSSR count). The van der Waals surface area contributed by atoms with E-state index < -0.39 is 0 Å². The first-order valence-electron chi connectivity index (χ1n) is 10.5. The van der Waals surface area contributed by atoms with E-state index in [2.05, 4.69) is 41.4 Å². The molecule has 0 amide bonds. The molecule has 166 valence electrons. The zero-order valence-corrected chi connectivity index (χ0v) is 19.0. The maximum atomic E-state index is 5.71. The highest BCUT2D eigenvalue weighted by Gasteiger charge is 2.05. The molecule has 0 aliphatic heterocycles. The van der Waals surface area contributed by atoms with Gasteiger partial charge in [0.25, 0.3) is 0 Å². The SMILES string of the molecule is COCCOCCCN=C(NCCN(C)C(C)C)Nc1ccc(OC(C)C)cc1. The Morgan fingerprint density at radius 1 is 1.07 bits per heavy atom. The zero-order valence-electron chi connectivity index (χ0n) is 19.0. The molecule has 0 atom stereocenters. The quantitative estimate of drug-likeness (QED) is 0.280. The molecule has 0 fully saturated rings. The number of ether oxygens (including phenoxy) is 3. The van der Waals surface area contributed by atoms with Crippen molar-refractivity contribution in [2.45, 2.75) is 46.3 Å². The zero-order chi connectivity index (χ0) is 21.5. The average Bonchev–Trinajstić information content (AvgIpc) is 2.67. The van der Waals surface area contributed by atoms with E-state index in [0.29, 0.717) is 32.4 Å². The summed E-state index contributed by atoms with van der Waals surface area (Å²) in [4.78, 5) is 6.98. The number of aliphatic imine (C=N–C) groups is 1. The summed E-state index contributed by atoms with van der Waals surface area (Å²) in [6.45, 7) is 12.8. The van der Waals surface area contributed by atoms with E-state index in [0.717, 1.165) is 36.9 Å². The third kappa shape index (κ3) is 12.4. The van der Waals surface area contributed by atoms with Gasteiger partial charge in [0.05, 0.1) is 19.3 Å². The number of rotatable bonds is 14. The van der Waals surface area contributed by atoms with Crippen LogP contribution in [-0.2, 0) is 9.47 Å². The van der Waals surface area contributed by atoms with Gasteiger partial charge >= 0.3 is 0 Å².